The zero-order chi connectivity index (χ0) is 22.8. The minimum atomic E-state index is -4.42. The fourth-order valence-corrected chi connectivity index (χ4v) is 3.23. The van der Waals surface area contributed by atoms with Crippen molar-refractivity contribution in [2.75, 3.05) is 13.1 Å². The van der Waals surface area contributed by atoms with Gasteiger partial charge in [0.15, 0.2) is 0 Å². The van der Waals surface area contributed by atoms with Crippen molar-refractivity contribution in [2.45, 2.75) is 25.1 Å². The molecule has 0 radical (unpaired) electrons. The fraction of sp³-hybridized carbons (Fsp3) is 0.286. The summed E-state index contributed by atoms with van der Waals surface area (Å²) in [5.74, 6) is -1.74. The number of nitrogens with one attached hydrogen (secondary N) is 2. The minimum Gasteiger partial charge on any atom is -0.354 e. The Morgan fingerprint density at radius 3 is 2.26 bits per heavy atom. The van der Waals surface area contributed by atoms with Crippen molar-refractivity contribution in [3.63, 3.8) is 0 Å². The molecule has 2 aromatic rings. The number of hydrogen-bond acceptors (Lipinski definition) is 3. The summed E-state index contributed by atoms with van der Waals surface area (Å²) in [6, 6.07) is 8.88. The second-order valence-electron chi connectivity index (χ2n) is 7.25. The molecule has 1 saturated heterocycles. The molecule has 0 spiro atoms. The smallest absolute Gasteiger partial charge is 0.354 e. The SMILES string of the molecule is CC1(c2ccc(F)cc2)NC(=O)N(CC(=O)NCCc2ccc(C(F)(F)F)cc2)C1=O. The van der Waals surface area contributed by atoms with Gasteiger partial charge in [0.1, 0.15) is 17.9 Å². The average molecular weight is 437 g/mol. The number of rotatable bonds is 6. The molecule has 1 atom stereocenters. The molecule has 0 bridgehead atoms. The lowest BCUT2D eigenvalue weighted by Gasteiger charge is -2.22. The van der Waals surface area contributed by atoms with Crippen molar-refractivity contribution in [3.05, 3.63) is 71.0 Å². The van der Waals surface area contributed by atoms with Crippen LogP contribution >= 0.6 is 0 Å². The first kappa shape index (κ1) is 22.3. The third kappa shape index (κ3) is 4.84. The van der Waals surface area contributed by atoms with Gasteiger partial charge in [-0.05, 0) is 48.7 Å². The lowest BCUT2D eigenvalue weighted by Crippen LogP contribution is -2.43. The topological polar surface area (TPSA) is 78.5 Å². The van der Waals surface area contributed by atoms with E-state index in [1.807, 2.05) is 0 Å². The summed E-state index contributed by atoms with van der Waals surface area (Å²) in [6.45, 7) is 1.06. The summed E-state index contributed by atoms with van der Waals surface area (Å²) in [5, 5.41) is 5.05. The predicted octanol–water partition coefficient (Wildman–Crippen LogP) is 2.97. The zero-order valence-corrected chi connectivity index (χ0v) is 16.4. The van der Waals surface area contributed by atoms with Crippen LogP contribution in [0.1, 0.15) is 23.6 Å². The molecule has 1 aliphatic heterocycles. The molecular formula is C21H19F4N3O3. The Morgan fingerprint density at radius 1 is 1.06 bits per heavy atom. The highest BCUT2D eigenvalue weighted by Crippen LogP contribution is 2.30. The Labute approximate surface area is 175 Å². The van der Waals surface area contributed by atoms with Crippen LogP contribution in [0, 0.1) is 5.82 Å². The molecule has 31 heavy (non-hydrogen) atoms. The standard InChI is InChI=1S/C21H19F4N3O3/c1-20(14-6-8-16(22)9-7-14)18(30)28(19(31)27-20)12-17(29)26-11-10-13-2-4-15(5-3-13)21(23,24)25/h2-9H,10-12H2,1H3,(H,26,29)(H,27,31). The highest BCUT2D eigenvalue weighted by molar-refractivity contribution is 6.09. The van der Waals surface area contributed by atoms with E-state index in [0.717, 1.165) is 29.2 Å². The quantitative estimate of drug-likeness (QED) is 0.539. The maximum atomic E-state index is 13.1. The zero-order valence-electron chi connectivity index (χ0n) is 16.4. The van der Waals surface area contributed by atoms with Crippen molar-refractivity contribution < 1.29 is 31.9 Å². The minimum absolute atomic E-state index is 0.114. The summed E-state index contributed by atoms with van der Waals surface area (Å²) in [4.78, 5) is 37.9. The van der Waals surface area contributed by atoms with Gasteiger partial charge >= 0.3 is 12.2 Å². The van der Waals surface area contributed by atoms with Crippen molar-refractivity contribution in [1.82, 2.24) is 15.5 Å². The molecular weight excluding hydrogens is 418 g/mol. The third-order valence-electron chi connectivity index (χ3n) is 5.02. The van der Waals surface area contributed by atoms with Gasteiger partial charge in [0, 0.05) is 6.54 Å². The van der Waals surface area contributed by atoms with Gasteiger partial charge in [-0.3, -0.25) is 14.5 Å². The van der Waals surface area contributed by atoms with Crippen molar-refractivity contribution >= 4 is 17.8 Å². The highest BCUT2D eigenvalue weighted by atomic mass is 19.4. The average Bonchev–Trinajstić information content (AvgIpc) is 2.92. The van der Waals surface area contributed by atoms with E-state index in [4.69, 9.17) is 0 Å². The van der Waals surface area contributed by atoms with E-state index in [1.54, 1.807) is 0 Å². The van der Waals surface area contributed by atoms with E-state index >= 15 is 0 Å². The van der Waals surface area contributed by atoms with Gasteiger partial charge in [0.25, 0.3) is 5.91 Å². The second kappa shape index (κ2) is 8.37. The number of benzene rings is 2. The summed E-state index contributed by atoms with van der Waals surface area (Å²) in [6.07, 6.45) is -4.14. The van der Waals surface area contributed by atoms with Crippen LogP contribution in [-0.4, -0.2) is 35.8 Å². The lowest BCUT2D eigenvalue weighted by molar-refractivity contribution is -0.137. The van der Waals surface area contributed by atoms with Gasteiger partial charge in [-0.15, -0.1) is 0 Å². The van der Waals surface area contributed by atoms with Crippen LogP contribution in [0.15, 0.2) is 48.5 Å². The van der Waals surface area contributed by atoms with Crippen molar-refractivity contribution in [2.24, 2.45) is 0 Å². The molecule has 164 valence electrons. The molecule has 2 aromatic carbocycles. The summed E-state index contributed by atoms with van der Waals surface area (Å²) >= 11 is 0. The molecule has 4 amide bonds. The molecule has 2 N–H and O–H groups in total. The third-order valence-corrected chi connectivity index (χ3v) is 5.02. The van der Waals surface area contributed by atoms with Crippen LogP contribution < -0.4 is 10.6 Å². The molecule has 1 aliphatic rings. The van der Waals surface area contributed by atoms with Gasteiger partial charge in [-0.1, -0.05) is 24.3 Å². The number of halogens is 4. The molecule has 1 heterocycles. The normalized spacial score (nSPS) is 18.8. The molecule has 1 fully saturated rings. The number of alkyl halides is 3. The van der Waals surface area contributed by atoms with E-state index in [9.17, 15) is 31.9 Å². The van der Waals surface area contributed by atoms with Gasteiger partial charge in [-0.2, -0.15) is 13.2 Å². The summed E-state index contributed by atoms with van der Waals surface area (Å²) in [5.41, 5.74) is -1.22. The maximum Gasteiger partial charge on any atom is 0.416 e. The summed E-state index contributed by atoms with van der Waals surface area (Å²) < 4.78 is 50.9. The summed E-state index contributed by atoms with van der Waals surface area (Å²) in [7, 11) is 0. The largest absolute Gasteiger partial charge is 0.416 e. The number of imide groups is 1. The first-order valence-electron chi connectivity index (χ1n) is 9.34. The molecule has 10 heteroatoms. The Kier molecular flexibility index (Phi) is 6.01. The molecule has 0 saturated carbocycles. The Morgan fingerprint density at radius 2 is 1.68 bits per heavy atom. The van der Waals surface area contributed by atoms with Crippen LogP contribution in [0.4, 0.5) is 22.4 Å². The molecule has 6 nitrogen and oxygen atoms in total. The van der Waals surface area contributed by atoms with Crippen molar-refractivity contribution in [3.8, 4) is 0 Å². The number of carbonyl (C=O) groups excluding carboxylic acids is 3. The van der Waals surface area contributed by atoms with Gasteiger partial charge < -0.3 is 10.6 Å². The van der Waals surface area contributed by atoms with Gasteiger partial charge in [-0.25, -0.2) is 9.18 Å². The van der Waals surface area contributed by atoms with Gasteiger partial charge in [0.2, 0.25) is 5.91 Å². The number of urea groups is 1. The molecule has 3 rings (SSSR count). The molecule has 0 aliphatic carbocycles. The first-order valence-corrected chi connectivity index (χ1v) is 9.34. The van der Waals surface area contributed by atoms with E-state index < -0.39 is 47.5 Å². The van der Waals surface area contributed by atoms with E-state index in [-0.39, 0.29) is 13.0 Å². The Balaban J connectivity index is 1.55. The van der Waals surface area contributed by atoms with Crippen LogP contribution in [-0.2, 0) is 27.7 Å². The Hall–Kier alpha value is -3.43. The predicted molar refractivity (Wildman–Crippen MR) is 102 cm³/mol. The van der Waals surface area contributed by atoms with Crippen molar-refractivity contribution in [1.29, 1.82) is 0 Å². The van der Waals surface area contributed by atoms with Crippen LogP contribution in [0.3, 0.4) is 0 Å². The number of carbonyl (C=O) groups is 3. The monoisotopic (exact) mass is 437 g/mol. The van der Waals surface area contributed by atoms with Crippen LogP contribution in [0.25, 0.3) is 0 Å². The maximum absolute atomic E-state index is 13.1. The fourth-order valence-electron chi connectivity index (χ4n) is 3.23. The van der Waals surface area contributed by atoms with Crippen LogP contribution in [0.2, 0.25) is 0 Å². The molecule has 0 aromatic heterocycles. The lowest BCUT2D eigenvalue weighted by atomic mass is 9.92. The van der Waals surface area contributed by atoms with Crippen LogP contribution in [0.5, 0.6) is 0 Å². The number of amides is 4. The van der Waals surface area contributed by atoms with E-state index in [1.165, 1.54) is 31.2 Å². The molecule has 1 unspecified atom stereocenters. The highest BCUT2D eigenvalue weighted by Gasteiger charge is 2.49. The van der Waals surface area contributed by atoms with Gasteiger partial charge in [0.05, 0.1) is 5.56 Å². The number of nitrogens with zero attached hydrogens (tertiary/aromatic N) is 1. The first-order chi connectivity index (χ1) is 14.5. The van der Waals surface area contributed by atoms with E-state index in [2.05, 4.69) is 10.6 Å². The van der Waals surface area contributed by atoms with E-state index in [0.29, 0.717) is 11.1 Å². The Bertz CT molecular complexity index is 990. The number of hydrogen-bond donors (Lipinski definition) is 2. The second-order valence-corrected chi connectivity index (χ2v) is 7.25.